The smallest absolute Gasteiger partial charge is 0.309 e. The molecule has 1 aromatic carbocycles. The summed E-state index contributed by atoms with van der Waals surface area (Å²) in [5.41, 5.74) is 1.61. The molecule has 0 atom stereocenters. The molecule has 1 aliphatic heterocycles. The Morgan fingerprint density at radius 2 is 2.15 bits per heavy atom. The van der Waals surface area contributed by atoms with E-state index in [-0.39, 0.29) is 11.9 Å². The Labute approximate surface area is 127 Å². The SMILES string of the molecule is CCOC(=O)C1CCN(c2cc(Br)ccc2C=O)CC1. The van der Waals surface area contributed by atoms with Crippen LogP contribution in [-0.2, 0) is 9.53 Å². The highest BCUT2D eigenvalue weighted by atomic mass is 79.9. The van der Waals surface area contributed by atoms with Crippen molar-refractivity contribution in [3.05, 3.63) is 28.2 Å². The third-order valence-electron chi connectivity index (χ3n) is 3.58. The first kappa shape index (κ1) is 15.0. The van der Waals surface area contributed by atoms with Gasteiger partial charge in [0.15, 0.2) is 6.29 Å². The normalized spacial score (nSPS) is 16.0. The standard InChI is InChI=1S/C15H18BrNO3/c1-2-20-15(19)11-5-7-17(8-6-11)14-9-13(16)4-3-12(14)10-18/h3-4,9-11H,2,5-8H2,1H3. The van der Waals surface area contributed by atoms with Gasteiger partial charge in [-0.3, -0.25) is 9.59 Å². The van der Waals surface area contributed by atoms with Crippen molar-refractivity contribution in [2.75, 3.05) is 24.6 Å². The Morgan fingerprint density at radius 1 is 1.45 bits per heavy atom. The highest BCUT2D eigenvalue weighted by Gasteiger charge is 2.26. The minimum absolute atomic E-state index is 0.0157. The molecule has 5 heteroatoms. The monoisotopic (exact) mass is 339 g/mol. The zero-order valence-electron chi connectivity index (χ0n) is 11.5. The van der Waals surface area contributed by atoms with E-state index in [2.05, 4.69) is 20.8 Å². The fourth-order valence-electron chi connectivity index (χ4n) is 2.51. The van der Waals surface area contributed by atoms with E-state index in [1.165, 1.54) is 0 Å². The second kappa shape index (κ2) is 6.88. The number of ether oxygens (including phenoxy) is 1. The zero-order valence-corrected chi connectivity index (χ0v) is 13.1. The van der Waals surface area contributed by atoms with Gasteiger partial charge in [0.05, 0.1) is 12.5 Å². The highest BCUT2D eigenvalue weighted by molar-refractivity contribution is 9.10. The molecule has 0 amide bonds. The number of esters is 1. The summed E-state index contributed by atoms with van der Waals surface area (Å²) in [6.07, 6.45) is 2.41. The quantitative estimate of drug-likeness (QED) is 0.624. The van der Waals surface area contributed by atoms with E-state index >= 15 is 0 Å². The number of rotatable bonds is 4. The molecule has 2 rings (SSSR count). The maximum absolute atomic E-state index is 11.7. The van der Waals surface area contributed by atoms with Crippen molar-refractivity contribution in [3.8, 4) is 0 Å². The van der Waals surface area contributed by atoms with E-state index < -0.39 is 0 Å². The zero-order chi connectivity index (χ0) is 14.5. The first-order chi connectivity index (χ1) is 9.65. The molecule has 20 heavy (non-hydrogen) atoms. The molecule has 1 aromatic rings. The van der Waals surface area contributed by atoms with E-state index in [1.807, 2.05) is 25.1 Å². The molecule has 0 saturated carbocycles. The van der Waals surface area contributed by atoms with E-state index in [0.717, 1.165) is 42.4 Å². The van der Waals surface area contributed by atoms with Gasteiger partial charge in [-0.25, -0.2) is 0 Å². The molecular weight excluding hydrogens is 322 g/mol. The molecule has 0 radical (unpaired) electrons. The van der Waals surface area contributed by atoms with Gasteiger partial charge in [0, 0.05) is 28.8 Å². The largest absolute Gasteiger partial charge is 0.466 e. The molecule has 0 spiro atoms. The van der Waals surface area contributed by atoms with Crippen LogP contribution < -0.4 is 4.90 Å². The van der Waals surface area contributed by atoms with Crippen LogP contribution in [0.5, 0.6) is 0 Å². The molecule has 1 fully saturated rings. The summed E-state index contributed by atoms with van der Waals surface area (Å²) in [5.74, 6) is -0.116. The fraction of sp³-hybridized carbons (Fsp3) is 0.467. The first-order valence-corrected chi connectivity index (χ1v) is 7.61. The molecule has 0 aromatic heterocycles. The van der Waals surface area contributed by atoms with E-state index in [0.29, 0.717) is 12.2 Å². The van der Waals surface area contributed by atoms with Crippen LogP contribution in [0.25, 0.3) is 0 Å². The third-order valence-corrected chi connectivity index (χ3v) is 4.07. The Bertz CT molecular complexity index is 496. The van der Waals surface area contributed by atoms with Crippen molar-refractivity contribution >= 4 is 33.9 Å². The van der Waals surface area contributed by atoms with Crippen molar-refractivity contribution in [3.63, 3.8) is 0 Å². The summed E-state index contributed by atoms with van der Waals surface area (Å²) in [7, 11) is 0. The van der Waals surface area contributed by atoms with Crippen molar-refractivity contribution in [2.24, 2.45) is 5.92 Å². The maximum Gasteiger partial charge on any atom is 0.309 e. The van der Waals surface area contributed by atoms with Crippen molar-refractivity contribution in [1.82, 2.24) is 0 Å². The van der Waals surface area contributed by atoms with E-state index in [9.17, 15) is 9.59 Å². The van der Waals surface area contributed by atoms with Crippen LogP contribution in [-0.4, -0.2) is 32.0 Å². The predicted molar refractivity (Wildman–Crippen MR) is 81.1 cm³/mol. The molecule has 0 bridgehead atoms. The summed E-state index contributed by atoms with van der Waals surface area (Å²) < 4.78 is 6.01. The third kappa shape index (κ3) is 3.39. The lowest BCUT2D eigenvalue weighted by Gasteiger charge is -2.33. The molecular formula is C15H18BrNO3. The molecule has 1 aliphatic rings. The van der Waals surface area contributed by atoms with Crippen LogP contribution in [0.1, 0.15) is 30.1 Å². The molecule has 0 N–H and O–H groups in total. The Balaban J connectivity index is 2.05. The number of aldehydes is 1. The molecule has 4 nitrogen and oxygen atoms in total. The van der Waals surface area contributed by atoms with Crippen LogP contribution in [0.3, 0.4) is 0 Å². The van der Waals surface area contributed by atoms with Crippen LogP contribution in [0, 0.1) is 5.92 Å². The molecule has 1 heterocycles. The topological polar surface area (TPSA) is 46.6 Å². The number of hydrogen-bond donors (Lipinski definition) is 0. The Morgan fingerprint density at radius 3 is 2.75 bits per heavy atom. The highest BCUT2D eigenvalue weighted by Crippen LogP contribution is 2.28. The molecule has 0 aliphatic carbocycles. The molecule has 1 saturated heterocycles. The number of hydrogen-bond acceptors (Lipinski definition) is 4. The second-order valence-corrected chi connectivity index (χ2v) is 5.75. The molecule has 108 valence electrons. The average Bonchev–Trinajstić information content (AvgIpc) is 2.47. The lowest BCUT2D eigenvalue weighted by Crippen LogP contribution is -2.37. The van der Waals surface area contributed by atoms with Gasteiger partial charge in [-0.1, -0.05) is 15.9 Å². The van der Waals surface area contributed by atoms with Crippen LogP contribution in [0.15, 0.2) is 22.7 Å². The van der Waals surface area contributed by atoms with Gasteiger partial charge in [0.2, 0.25) is 0 Å². The first-order valence-electron chi connectivity index (χ1n) is 6.82. The van der Waals surface area contributed by atoms with Crippen molar-refractivity contribution in [2.45, 2.75) is 19.8 Å². The summed E-state index contributed by atoms with van der Waals surface area (Å²) in [5, 5.41) is 0. The summed E-state index contributed by atoms with van der Waals surface area (Å²) in [4.78, 5) is 25.0. The van der Waals surface area contributed by atoms with Gasteiger partial charge in [0.1, 0.15) is 0 Å². The summed E-state index contributed by atoms with van der Waals surface area (Å²) in [6.45, 7) is 3.78. The van der Waals surface area contributed by atoms with Gasteiger partial charge in [0.25, 0.3) is 0 Å². The Hall–Kier alpha value is -1.36. The average molecular weight is 340 g/mol. The van der Waals surface area contributed by atoms with Crippen LogP contribution in [0.2, 0.25) is 0 Å². The molecule has 0 unspecified atom stereocenters. The van der Waals surface area contributed by atoms with Crippen molar-refractivity contribution in [1.29, 1.82) is 0 Å². The van der Waals surface area contributed by atoms with Crippen LogP contribution >= 0.6 is 15.9 Å². The van der Waals surface area contributed by atoms with Crippen molar-refractivity contribution < 1.29 is 14.3 Å². The number of carbonyl (C=O) groups is 2. The second-order valence-electron chi connectivity index (χ2n) is 4.83. The summed E-state index contributed by atoms with van der Waals surface area (Å²) >= 11 is 3.43. The number of halogens is 1. The Kier molecular flexibility index (Phi) is 5.17. The predicted octanol–water partition coefficient (Wildman–Crippen LogP) is 3.04. The van der Waals surface area contributed by atoms with Gasteiger partial charge in [-0.15, -0.1) is 0 Å². The number of carbonyl (C=O) groups excluding carboxylic acids is 2. The van der Waals surface area contributed by atoms with Gasteiger partial charge in [-0.05, 0) is 38.0 Å². The lowest BCUT2D eigenvalue weighted by molar-refractivity contribution is -0.148. The fourth-order valence-corrected chi connectivity index (χ4v) is 2.86. The maximum atomic E-state index is 11.7. The van der Waals surface area contributed by atoms with Gasteiger partial charge >= 0.3 is 5.97 Å². The van der Waals surface area contributed by atoms with Crippen LogP contribution in [0.4, 0.5) is 5.69 Å². The van der Waals surface area contributed by atoms with E-state index in [4.69, 9.17) is 4.74 Å². The minimum atomic E-state index is -0.1000. The number of anilines is 1. The summed E-state index contributed by atoms with van der Waals surface area (Å²) in [6, 6.07) is 5.62. The van der Waals surface area contributed by atoms with E-state index in [1.54, 1.807) is 0 Å². The lowest BCUT2D eigenvalue weighted by atomic mass is 9.96. The number of piperidine rings is 1. The number of benzene rings is 1. The van der Waals surface area contributed by atoms with Gasteiger partial charge in [-0.2, -0.15) is 0 Å². The number of nitrogens with zero attached hydrogens (tertiary/aromatic N) is 1. The van der Waals surface area contributed by atoms with Gasteiger partial charge < -0.3 is 9.64 Å². The minimum Gasteiger partial charge on any atom is -0.466 e.